The normalized spacial score (nSPS) is 10.1. The van der Waals surface area contributed by atoms with E-state index in [1.165, 1.54) is 7.11 Å². The minimum Gasteiger partial charge on any atom is -0.465 e. The molecule has 1 aromatic heterocycles. The molecule has 1 aromatic carbocycles. The summed E-state index contributed by atoms with van der Waals surface area (Å²) in [4.78, 5) is 15.8. The van der Waals surface area contributed by atoms with E-state index in [9.17, 15) is 4.79 Å². The van der Waals surface area contributed by atoms with Crippen LogP contribution in [0.2, 0.25) is 0 Å². The number of hydrogen-bond donors (Lipinski definition) is 2. The number of ether oxygens (including phenoxy) is 1. The first kappa shape index (κ1) is 13.9. The number of rotatable bonds is 5. The Kier molecular flexibility index (Phi) is 4.55. The summed E-state index contributed by atoms with van der Waals surface area (Å²) in [6, 6.07) is 11.1. The zero-order valence-electron chi connectivity index (χ0n) is 11.3. The van der Waals surface area contributed by atoms with Crippen molar-refractivity contribution in [3.63, 3.8) is 0 Å². The minimum absolute atomic E-state index is 0.371. The highest BCUT2D eigenvalue weighted by atomic mass is 16.5. The summed E-state index contributed by atoms with van der Waals surface area (Å²) in [6.45, 7) is 0.686. The summed E-state index contributed by atoms with van der Waals surface area (Å²) in [7, 11) is 1.34. The molecular formula is C15H17N3O2. The van der Waals surface area contributed by atoms with Gasteiger partial charge in [0.25, 0.3) is 0 Å². The van der Waals surface area contributed by atoms with Crippen molar-refractivity contribution >= 4 is 17.3 Å². The maximum absolute atomic E-state index is 11.5. The van der Waals surface area contributed by atoms with Crippen LogP contribution in [-0.2, 0) is 11.2 Å². The second-order valence-corrected chi connectivity index (χ2v) is 4.26. The van der Waals surface area contributed by atoms with E-state index >= 15 is 0 Å². The van der Waals surface area contributed by atoms with E-state index < -0.39 is 5.97 Å². The van der Waals surface area contributed by atoms with Crippen molar-refractivity contribution in [3.8, 4) is 0 Å². The Hall–Kier alpha value is -2.56. The minimum atomic E-state index is -0.434. The van der Waals surface area contributed by atoms with Crippen molar-refractivity contribution < 1.29 is 9.53 Å². The lowest BCUT2D eigenvalue weighted by atomic mass is 10.1. The molecule has 0 amide bonds. The third-order valence-corrected chi connectivity index (χ3v) is 2.93. The fourth-order valence-corrected chi connectivity index (χ4v) is 1.88. The number of carbonyl (C=O) groups excluding carboxylic acids is 1. The number of nitrogen functional groups attached to an aromatic ring is 1. The fourth-order valence-electron chi connectivity index (χ4n) is 1.88. The van der Waals surface area contributed by atoms with Gasteiger partial charge < -0.3 is 15.8 Å². The number of methoxy groups -OCH3 is 1. The molecule has 0 atom stereocenters. The average molecular weight is 271 g/mol. The van der Waals surface area contributed by atoms with Gasteiger partial charge in [-0.2, -0.15) is 0 Å². The molecule has 3 N–H and O–H groups in total. The van der Waals surface area contributed by atoms with Gasteiger partial charge in [-0.3, -0.25) is 4.98 Å². The van der Waals surface area contributed by atoms with Gasteiger partial charge >= 0.3 is 5.97 Å². The van der Waals surface area contributed by atoms with Crippen LogP contribution in [0.3, 0.4) is 0 Å². The molecule has 2 aromatic rings. The number of pyridine rings is 1. The summed E-state index contributed by atoms with van der Waals surface area (Å²) in [5.74, 6) is -0.434. The first-order valence-corrected chi connectivity index (χ1v) is 6.33. The average Bonchev–Trinajstić information content (AvgIpc) is 2.49. The molecule has 0 aliphatic rings. The number of para-hydroxylation sites is 1. The molecule has 0 aliphatic heterocycles. The maximum atomic E-state index is 11.5. The molecule has 0 unspecified atom stereocenters. The molecule has 2 rings (SSSR count). The Labute approximate surface area is 117 Å². The Morgan fingerprint density at radius 3 is 2.85 bits per heavy atom. The van der Waals surface area contributed by atoms with Crippen LogP contribution in [0, 0.1) is 0 Å². The summed E-state index contributed by atoms with van der Waals surface area (Å²) in [5.41, 5.74) is 8.46. The van der Waals surface area contributed by atoms with Gasteiger partial charge in [0.1, 0.15) is 0 Å². The number of aromatic nitrogens is 1. The predicted octanol–water partition coefficient (Wildman–Crippen LogP) is 2.10. The van der Waals surface area contributed by atoms with Gasteiger partial charge in [0.05, 0.1) is 24.0 Å². The number of benzene rings is 1. The largest absolute Gasteiger partial charge is 0.465 e. The molecular weight excluding hydrogens is 254 g/mol. The molecule has 0 fully saturated rings. The van der Waals surface area contributed by atoms with Gasteiger partial charge in [-0.25, -0.2) is 4.79 Å². The molecule has 0 aliphatic carbocycles. The van der Waals surface area contributed by atoms with Crippen molar-refractivity contribution in [3.05, 3.63) is 53.9 Å². The number of hydrogen-bond acceptors (Lipinski definition) is 5. The van der Waals surface area contributed by atoms with Crippen LogP contribution in [-0.4, -0.2) is 24.6 Å². The Bertz CT molecular complexity index is 585. The van der Waals surface area contributed by atoms with Crippen molar-refractivity contribution in [2.24, 2.45) is 0 Å². The lowest BCUT2D eigenvalue weighted by molar-refractivity contribution is 0.0602. The molecule has 0 saturated heterocycles. The molecule has 104 valence electrons. The molecule has 0 saturated carbocycles. The zero-order chi connectivity index (χ0) is 14.4. The molecule has 20 heavy (non-hydrogen) atoms. The van der Waals surface area contributed by atoms with E-state index in [1.54, 1.807) is 18.3 Å². The third-order valence-electron chi connectivity index (χ3n) is 2.93. The standard InChI is InChI=1S/C15H17N3O2/c1-20-15(19)12-6-4-7-13(14(12)16)18-10-8-11-5-2-3-9-17-11/h2-7,9,18H,8,10,16H2,1H3. The Morgan fingerprint density at radius 2 is 2.15 bits per heavy atom. The summed E-state index contributed by atoms with van der Waals surface area (Å²) >= 11 is 0. The SMILES string of the molecule is COC(=O)c1cccc(NCCc2ccccn2)c1N. The highest BCUT2D eigenvalue weighted by molar-refractivity contribution is 5.98. The molecule has 5 nitrogen and oxygen atoms in total. The summed E-state index contributed by atoms with van der Waals surface area (Å²) in [5, 5.41) is 3.21. The van der Waals surface area contributed by atoms with Crippen LogP contribution in [0.5, 0.6) is 0 Å². The second-order valence-electron chi connectivity index (χ2n) is 4.26. The number of anilines is 2. The van der Waals surface area contributed by atoms with Crippen LogP contribution in [0.4, 0.5) is 11.4 Å². The molecule has 0 spiro atoms. The quantitative estimate of drug-likeness (QED) is 0.643. The molecule has 5 heteroatoms. The van der Waals surface area contributed by atoms with Gasteiger partial charge in [-0.1, -0.05) is 12.1 Å². The zero-order valence-corrected chi connectivity index (χ0v) is 11.3. The van der Waals surface area contributed by atoms with E-state index in [2.05, 4.69) is 15.0 Å². The number of nitrogens with two attached hydrogens (primary N) is 1. The van der Waals surface area contributed by atoms with Gasteiger partial charge in [0.15, 0.2) is 0 Å². The van der Waals surface area contributed by atoms with Crippen molar-refractivity contribution in [1.29, 1.82) is 0 Å². The second kappa shape index (κ2) is 6.56. The van der Waals surface area contributed by atoms with E-state index in [0.717, 1.165) is 17.8 Å². The van der Waals surface area contributed by atoms with Crippen LogP contribution in [0.25, 0.3) is 0 Å². The monoisotopic (exact) mass is 271 g/mol. The summed E-state index contributed by atoms with van der Waals surface area (Å²) in [6.07, 6.45) is 2.55. The fraction of sp³-hybridized carbons (Fsp3) is 0.200. The Balaban J connectivity index is 2.01. The van der Waals surface area contributed by atoms with Gasteiger partial charge in [0, 0.05) is 24.9 Å². The van der Waals surface area contributed by atoms with Gasteiger partial charge in [-0.05, 0) is 24.3 Å². The van der Waals surface area contributed by atoms with E-state index in [4.69, 9.17) is 5.73 Å². The van der Waals surface area contributed by atoms with Crippen LogP contribution in [0.1, 0.15) is 16.1 Å². The number of carbonyl (C=O) groups is 1. The molecule has 0 radical (unpaired) electrons. The highest BCUT2D eigenvalue weighted by Gasteiger charge is 2.12. The Morgan fingerprint density at radius 1 is 1.30 bits per heavy atom. The third kappa shape index (κ3) is 3.26. The summed E-state index contributed by atoms with van der Waals surface area (Å²) < 4.78 is 4.69. The van der Waals surface area contributed by atoms with E-state index in [0.29, 0.717) is 17.8 Å². The van der Waals surface area contributed by atoms with Gasteiger partial charge in [0.2, 0.25) is 0 Å². The highest BCUT2D eigenvalue weighted by Crippen LogP contribution is 2.23. The molecule has 1 heterocycles. The maximum Gasteiger partial charge on any atom is 0.340 e. The van der Waals surface area contributed by atoms with Crippen molar-refractivity contribution in [1.82, 2.24) is 4.98 Å². The first-order chi connectivity index (χ1) is 9.72. The number of esters is 1. The van der Waals surface area contributed by atoms with Gasteiger partial charge in [-0.15, -0.1) is 0 Å². The first-order valence-electron chi connectivity index (χ1n) is 6.33. The van der Waals surface area contributed by atoms with E-state index in [1.807, 2.05) is 24.3 Å². The van der Waals surface area contributed by atoms with E-state index in [-0.39, 0.29) is 0 Å². The van der Waals surface area contributed by atoms with Crippen LogP contribution >= 0.6 is 0 Å². The predicted molar refractivity (Wildman–Crippen MR) is 78.6 cm³/mol. The topological polar surface area (TPSA) is 77.2 Å². The van der Waals surface area contributed by atoms with Crippen LogP contribution < -0.4 is 11.1 Å². The molecule has 0 bridgehead atoms. The van der Waals surface area contributed by atoms with Crippen LogP contribution in [0.15, 0.2) is 42.6 Å². The lowest BCUT2D eigenvalue weighted by Gasteiger charge is -2.11. The lowest BCUT2D eigenvalue weighted by Crippen LogP contribution is -2.11. The van der Waals surface area contributed by atoms with Crippen molar-refractivity contribution in [2.75, 3.05) is 24.7 Å². The van der Waals surface area contributed by atoms with Crippen molar-refractivity contribution in [2.45, 2.75) is 6.42 Å². The number of nitrogens with zero attached hydrogens (tertiary/aromatic N) is 1. The smallest absolute Gasteiger partial charge is 0.340 e. The number of nitrogens with one attached hydrogen (secondary N) is 1.